The summed E-state index contributed by atoms with van der Waals surface area (Å²) in [6, 6.07) is 0. The van der Waals surface area contributed by atoms with Crippen molar-refractivity contribution in [3.05, 3.63) is 0 Å². The summed E-state index contributed by atoms with van der Waals surface area (Å²) in [5.74, 6) is -0.611. The van der Waals surface area contributed by atoms with E-state index >= 15 is 0 Å². The van der Waals surface area contributed by atoms with Crippen LogP contribution in [0.3, 0.4) is 0 Å². The maximum atomic E-state index is 5.27. The zero-order valence-corrected chi connectivity index (χ0v) is 14.7. The molecule has 0 radical (unpaired) electrons. The van der Waals surface area contributed by atoms with E-state index in [-0.39, 0.29) is 5.54 Å². The van der Waals surface area contributed by atoms with E-state index in [1.54, 1.807) is 28.4 Å². The van der Waals surface area contributed by atoms with Gasteiger partial charge >= 0.3 is 8.80 Å². The molecule has 7 nitrogen and oxygen atoms in total. The van der Waals surface area contributed by atoms with E-state index in [9.17, 15) is 0 Å². The second-order valence-electron chi connectivity index (χ2n) is 4.90. The van der Waals surface area contributed by atoms with Gasteiger partial charge in [-0.15, -0.1) is 0 Å². The van der Waals surface area contributed by atoms with Crippen LogP contribution in [0.2, 0.25) is 5.54 Å². The smallest absolute Gasteiger partial charge is 0.384 e. The van der Waals surface area contributed by atoms with Gasteiger partial charge in [0.15, 0.2) is 0 Å². The van der Waals surface area contributed by atoms with E-state index in [2.05, 4.69) is 0 Å². The second kappa shape index (κ2) is 9.16. The molecule has 0 bridgehead atoms. The molecule has 0 aromatic heterocycles. The van der Waals surface area contributed by atoms with Crippen LogP contribution in [-0.2, 0) is 32.2 Å². The van der Waals surface area contributed by atoms with Gasteiger partial charge in [-0.3, -0.25) is 0 Å². The van der Waals surface area contributed by atoms with Crippen LogP contribution in [0, 0.1) is 0 Å². The summed E-state index contributed by atoms with van der Waals surface area (Å²) in [4.78, 5) is 0. The molecule has 2 heterocycles. The number of hydrogen-bond acceptors (Lipinski definition) is 7. The van der Waals surface area contributed by atoms with Crippen molar-refractivity contribution in [1.29, 1.82) is 0 Å². The summed E-state index contributed by atoms with van der Waals surface area (Å²) in [6.45, 7) is 4.72. The van der Waals surface area contributed by atoms with E-state index in [0.717, 1.165) is 19.4 Å². The van der Waals surface area contributed by atoms with Crippen molar-refractivity contribution in [3.8, 4) is 0 Å². The van der Waals surface area contributed by atoms with Gasteiger partial charge in [0.2, 0.25) is 0 Å². The Labute approximate surface area is 128 Å². The maximum Gasteiger partial charge on any atom is 0.505 e. The first kappa shape index (κ1) is 19.0. The first-order chi connectivity index (χ1) is 10.1. The largest absolute Gasteiger partial charge is 0.505 e. The predicted molar refractivity (Wildman–Crippen MR) is 77.9 cm³/mol. The number of rotatable bonds is 6. The van der Waals surface area contributed by atoms with E-state index in [4.69, 9.17) is 32.2 Å². The average Bonchev–Trinajstić information content (AvgIpc) is 3.16. The lowest BCUT2D eigenvalue weighted by Crippen LogP contribution is -2.48. The van der Waals surface area contributed by atoms with E-state index in [1.165, 1.54) is 0 Å². The topological polar surface area (TPSA) is 64.6 Å². The maximum absolute atomic E-state index is 5.27. The molecule has 0 aliphatic carbocycles. The molecule has 2 saturated heterocycles. The number of hydrogen-bond donors (Lipinski definition) is 0. The van der Waals surface area contributed by atoms with Gasteiger partial charge in [0, 0.05) is 40.4 Å². The molecule has 0 saturated carbocycles. The molecule has 21 heavy (non-hydrogen) atoms. The van der Waals surface area contributed by atoms with Crippen molar-refractivity contribution in [1.82, 2.24) is 0 Å². The van der Waals surface area contributed by atoms with Crippen molar-refractivity contribution in [2.24, 2.45) is 0 Å². The van der Waals surface area contributed by atoms with Crippen molar-refractivity contribution in [2.75, 3.05) is 54.9 Å². The molecule has 2 rings (SSSR count). The Hall–Kier alpha value is -0.0631. The molecule has 1 unspecified atom stereocenters. The van der Waals surface area contributed by atoms with Gasteiger partial charge in [0.05, 0.1) is 26.4 Å². The SMILES string of the molecule is C1COC2(C1)OCCO2.COCC(C)[Si](OC)(OC)OC. The normalized spacial score (nSPS) is 22.1. The Kier molecular flexibility index (Phi) is 8.28. The Balaban J connectivity index is 0.000000216. The lowest BCUT2D eigenvalue weighted by atomic mass is 10.3. The third-order valence-corrected chi connectivity index (χ3v) is 6.63. The first-order valence-corrected chi connectivity index (χ1v) is 8.94. The van der Waals surface area contributed by atoms with Crippen molar-refractivity contribution >= 4 is 8.80 Å². The minimum absolute atomic E-state index is 0.155. The van der Waals surface area contributed by atoms with Crippen LogP contribution in [0.4, 0.5) is 0 Å². The van der Waals surface area contributed by atoms with Crippen LogP contribution in [0.1, 0.15) is 19.8 Å². The van der Waals surface area contributed by atoms with Gasteiger partial charge in [0.25, 0.3) is 5.97 Å². The number of methoxy groups -OCH3 is 1. The zero-order chi connectivity index (χ0) is 15.8. The molecule has 0 N–H and O–H groups in total. The summed E-state index contributed by atoms with van der Waals surface area (Å²) in [5.41, 5.74) is 0.155. The standard InChI is InChI=1S/C7H18O4Si.C6H10O3/c1-7(6-8-2)12(9-3,10-4)11-5;1-2-6(7-3-1)8-4-5-9-6/h7H,6H2,1-5H3;1-5H2. The third-order valence-electron chi connectivity index (χ3n) is 3.55. The Morgan fingerprint density at radius 1 is 0.952 bits per heavy atom. The molecule has 2 aliphatic rings. The predicted octanol–water partition coefficient (Wildman–Crippen LogP) is 1.40. The van der Waals surface area contributed by atoms with E-state index < -0.39 is 14.8 Å². The monoisotopic (exact) mass is 324 g/mol. The fourth-order valence-electron chi connectivity index (χ4n) is 2.46. The highest BCUT2D eigenvalue weighted by atomic mass is 28.4. The minimum Gasteiger partial charge on any atom is -0.384 e. The summed E-state index contributed by atoms with van der Waals surface area (Å²) in [7, 11) is 3.99. The number of ether oxygens (including phenoxy) is 4. The van der Waals surface area contributed by atoms with E-state index in [1.807, 2.05) is 6.92 Å². The Bertz CT molecular complexity index is 248. The van der Waals surface area contributed by atoms with Gasteiger partial charge in [-0.05, 0) is 6.42 Å². The third kappa shape index (κ3) is 4.97. The molecule has 0 amide bonds. The molecule has 8 heteroatoms. The Morgan fingerprint density at radius 3 is 1.86 bits per heavy atom. The minimum atomic E-state index is -2.47. The van der Waals surface area contributed by atoms with Crippen molar-refractivity contribution in [2.45, 2.75) is 31.3 Å². The second-order valence-corrected chi connectivity index (χ2v) is 8.32. The highest BCUT2D eigenvalue weighted by molar-refractivity contribution is 6.62. The quantitative estimate of drug-likeness (QED) is 0.684. The summed E-state index contributed by atoms with van der Waals surface area (Å²) in [6.07, 6.45) is 1.95. The molecule has 1 atom stereocenters. The first-order valence-electron chi connectivity index (χ1n) is 7.14. The molecule has 2 aliphatic heterocycles. The fourth-order valence-corrected chi connectivity index (χ4v) is 4.54. The molecule has 2 fully saturated rings. The summed E-state index contributed by atoms with van der Waals surface area (Å²) in [5, 5.41) is 0. The van der Waals surface area contributed by atoms with E-state index in [0.29, 0.717) is 19.8 Å². The van der Waals surface area contributed by atoms with Gasteiger partial charge in [0.1, 0.15) is 0 Å². The van der Waals surface area contributed by atoms with Crippen molar-refractivity contribution < 1.29 is 32.2 Å². The van der Waals surface area contributed by atoms with Gasteiger partial charge in [-0.1, -0.05) is 6.92 Å². The van der Waals surface area contributed by atoms with Crippen LogP contribution in [0.25, 0.3) is 0 Å². The Morgan fingerprint density at radius 2 is 1.48 bits per heavy atom. The molecule has 1 spiro atoms. The van der Waals surface area contributed by atoms with Gasteiger partial charge in [-0.2, -0.15) is 0 Å². The lowest BCUT2D eigenvalue weighted by molar-refractivity contribution is -0.307. The van der Waals surface area contributed by atoms with Crippen LogP contribution in [0.15, 0.2) is 0 Å². The molecule has 126 valence electrons. The van der Waals surface area contributed by atoms with Crippen LogP contribution >= 0.6 is 0 Å². The highest BCUT2D eigenvalue weighted by Gasteiger charge is 2.44. The molecule has 0 aromatic carbocycles. The van der Waals surface area contributed by atoms with Gasteiger partial charge < -0.3 is 32.2 Å². The molecule has 0 aromatic rings. The molecular formula is C13H28O7Si. The molecular weight excluding hydrogens is 296 g/mol. The summed E-state index contributed by atoms with van der Waals surface area (Å²) >= 11 is 0. The highest BCUT2D eigenvalue weighted by Crippen LogP contribution is 2.31. The zero-order valence-electron chi connectivity index (χ0n) is 13.7. The van der Waals surface area contributed by atoms with Gasteiger partial charge in [-0.25, -0.2) is 0 Å². The summed E-state index contributed by atoms with van der Waals surface area (Å²) < 4.78 is 36.6. The van der Waals surface area contributed by atoms with Crippen LogP contribution in [-0.4, -0.2) is 69.6 Å². The van der Waals surface area contributed by atoms with Crippen LogP contribution < -0.4 is 0 Å². The fraction of sp³-hybridized carbons (Fsp3) is 1.00. The lowest BCUT2D eigenvalue weighted by Gasteiger charge is -2.29. The van der Waals surface area contributed by atoms with Crippen LogP contribution in [0.5, 0.6) is 0 Å². The average molecular weight is 324 g/mol. The van der Waals surface area contributed by atoms with Crippen molar-refractivity contribution in [3.63, 3.8) is 0 Å².